The van der Waals surface area contributed by atoms with E-state index < -0.39 is 6.36 Å². The summed E-state index contributed by atoms with van der Waals surface area (Å²) in [6, 6.07) is 13.2. The van der Waals surface area contributed by atoms with Crippen LogP contribution in [0.15, 0.2) is 53.4 Å². The SMILES string of the molecule is C#CCSc1cccc(C(=O)N2CCN(C(=O)N3CCN(C(=O)C4CC(c5ccc(OC(F)(F)F)cc5)C4)CC3)CC2)c1. The maximum absolute atomic E-state index is 13.2. The molecule has 5 rings (SSSR count). The molecule has 8 nitrogen and oxygen atoms in total. The number of hydrogen-bond acceptors (Lipinski definition) is 5. The molecule has 2 aromatic rings. The molecule has 0 bridgehead atoms. The standard InChI is InChI=1S/C31H33F3N4O4S/c1-2-18-43-27-5-3-4-23(21-27)28(39)35-10-14-37(15-11-35)30(41)38-16-12-36(13-17-38)29(40)25-19-24(20-25)22-6-8-26(9-7-22)42-31(32,33)34/h1,3-9,21,24-25H,10-20H2. The second kappa shape index (κ2) is 13.2. The Hall–Kier alpha value is -3.85. The van der Waals surface area contributed by atoms with Gasteiger partial charge in [-0.2, -0.15) is 0 Å². The summed E-state index contributed by atoms with van der Waals surface area (Å²) >= 11 is 1.50. The zero-order chi connectivity index (χ0) is 30.6. The van der Waals surface area contributed by atoms with Crippen molar-refractivity contribution in [3.05, 3.63) is 59.7 Å². The molecule has 2 saturated heterocycles. The number of hydrogen-bond donors (Lipinski definition) is 0. The molecule has 1 saturated carbocycles. The van der Waals surface area contributed by atoms with Gasteiger partial charge in [-0.1, -0.05) is 24.1 Å². The van der Waals surface area contributed by atoms with Crippen molar-refractivity contribution in [2.75, 3.05) is 58.1 Å². The number of amides is 4. The normalized spacial score (nSPS) is 20.7. The second-order valence-electron chi connectivity index (χ2n) is 10.9. The van der Waals surface area contributed by atoms with Crippen molar-refractivity contribution in [1.29, 1.82) is 0 Å². The van der Waals surface area contributed by atoms with E-state index in [-0.39, 0.29) is 35.4 Å². The second-order valence-corrected chi connectivity index (χ2v) is 11.9. The topological polar surface area (TPSA) is 73.4 Å². The first-order chi connectivity index (χ1) is 20.6. The van der Waals surface area contributed by atoms with Gasteiger partial charge in [0.2, 0.25) is 5.91 Å². The molecule has 0 radical (unpaired) electrons. The highest BCUT2D eigenvalue weighted by Crippen LogP contribution is 2.43. The van der Waals surface area contributed by atoms with Gasteiger partial charge in [-0.15, -0.1) is 31.4 Å². The van der Waals surface area contributed by atoms with E-state index in [0.717, 1.165) is 10.5 Å². The maximum atomic E-state index is 13.2. The smallest absolute Gasteiger partial charge is 0.406 e. The monoisotopic (exact) mass is 614 g/mol. The lowest BCUT2D eigenvalue weighted by Gasteiger charge is -2.43. The molecule has 2 aromatic carbocycles. The molecule has 0 unspecified atom stereocenters. The highest BCUT2D eigenvalue weighted by atomic mass is 32.2. The molecule has 0 atom stereocenters. The Bertz CT molecular complexity index is 1360. The van der Waals surface area contributed by atoms with E-state index >= 15 is 0 Å². The van der Waals surface area contributed by atoms with Crippen LogP contribution in [0.4, 0.5) is 18.0 Å². The van der Waals surface area contributed by atoms with Crippen LogP contribution < -0.4 is 4.74 Å². The summed E-state index contributed by atoms with van der Waals surface area (Å²) < 4.78 is 41.1. The van der Waals surface area contributed by atoms with Crippen LogP contribution in [0.1, 0.15) is 34.7 Å². The lowest BCUT2D eigenvalue weighted by atomic mass is 9.71. The largest absolute Gasteiger partial charge is 0.573 e. The van der Waals surface area contributed by atoms with Crippen LogP contribution in [-0.2, 0) is 4.79 Å². The number of carbonyl (C=O) groups excluding carboxylic acids is 3. The molecule has 2 aliphatic heterocycles. The molecule has 12 heteroatoms. The fraction of sp³-hybridized carbons (Fsp3) is 0.452. The Morgan fingerprint density at radius 1 is 0.860 bits per heavy atom. The molecule has 3 fully saturated rings. The van der Waals surface area contributed by atoms with Gasteiger partial charge in [0, 0.05) is 68.7 Å². The lowest BCUT2D eigenvalue weighted by Crippen LogP contribution is -2.58. The average molecular weight is 615 g/mol. The number of halogens is 3. The molecule has 0 spiro atoms. The molecular formula is C31H33F3N4O4S. The summed E-state index contributed by atoms with van der Waals surface area (Å²) in [5.74, 6) is 2.86. The van der Waals surface area contributed by atoms with E-state index in [2.05, 4.69) is 10.7 Å². The van der Waals surface area contributed by atoms with Gasteiger partial charge in [0.05, 0.1) is 5.75 Å². The number of alkyl halides is 3. The Morgan fingerprint density at radius 2 is 1.44 bits per heavy atom. The van der Waals surface area contributed by atoms with Gasteiger partial charge in [-0.3, -0.25) is 9.59 Å². The van der Waals surface area contributed by atoms with Gasteiger partial charge >= 0.3 is 12.4 Å². The van der Waals surface area contributed by atoms with Crippen LogP contribution in [0.25, 0.3) is 0 Å². The molecule has 3 aliphatic rings. The fourth-order valence-electron chi connectivity index (χ4n) is 5.74. The summed E-state index contributed by atoms with van der Waals surface area (Å²) in [5.41, 5.74) is 1.50. The van der Waals surface area contributed by atoms with Crippen LogP contribution in [-0.4, -0.2) is 102 Å². The minimum absolute atomic E-state index is 0.0619. The fourth-order valence-corrected chi connectivity index (χ4v) is 6.37. The first-order valence-electron chi connectivity index (χ1n) is 14.2. The van der Waals surface area contributed by atoms with Crippen molar-refractivity contribution in [2.24, 2.45) is 5.92 Å². The Balaban J connectivity index is 1.03. The third-order valence-corrected chi connectivity index (χ3v) is 9.07. The first-order valence-corrected chi connectivity index (χ1v) is 15.2. The van der Waals surface area contributed by atoms with Crippen molar-refractivity contribution in [3.63, 3.8) is 0 Å². The van der Waals surface area contributed by atoms with E-state index in [1.807, 2.05) is 18.2 Å². The number of carbonyl (C=O) groups is 3. The predicted octanol–water partition coefficient (Wildman–Crippen LogP) is 4.53. The molecular weight excluding hydrogens is 581 g/mol. The van der Waals surface area contributed by atoms with Crippen molar-refractivity contribution in [3.8, 4) is 18.1 Å². The van der Waals surface area contributed by atoms with Crippen molar-refractivity contribution < 1.29 is 32.3 Å². The summed E-state index contributed by atoms with van der Waals surface area (Å²) in [5, 5.41) is 0. The number of nitrogens with zero attached hydrogens (tertiary/aromatic N) is 4. The minimum atomic E-state index is -4.73. The van der Waals surface area contributed by atoms with Crippen molar-refractivity contribution >= 4 is 29.6 Å². The summed E-state index contributed by atoms with van der Waals surface area (Å²) in [4.78, 5) is 47.3. The molecule has 0 N–H and O–H groups in total. The van der Waals surface area contributed by atoms with Crippen molar-refractivity contribution in [1.82, 2.24) is 19.6 Å². The van der Waals surface area contributed by atoms with Crippen LogP contribution in [0, 0.1) is 18.3 Å². The van der Waals surface area contributed by atoms with Gasteiger partial charge in [0.25, 0.3) is 5.91 Å². The van der Waals surface area contributed by atoms with Gasteiger partial charge in [-0.25, -0.2) is 4.79 Å². The molecule has 0 aromatic heterocycles. The van der Waals surface area contributed by atoms with E-state index in [1.165, 1.54) is 23.9 Å². The van der Waals surface area contributed by atoms with Gasteiger partial charge in [0.1, 0.15) is 5.75 Å². The number of piperazine rings is 2. The van der Waals surface area contributed by atoms with E-state index in [0.29, 0.717) is 76.5 Å². The Morgan fingerprint density at radius 3 is 2.02 bits per heavy atom. The maximum Gasteiger partial charge on any atom is 0.573 e. The van der Waals surface area contributed by atoms with Gasteiger partial charge in [0.15, 0.2) is 0 Å². The average Bonchev–Trinajstić information content (AvgIpc) is 2.99. The molecule has 228 valence electrons. The van der Waals surface area contributed by atoms with Crippen LogP contribution in [0.5, 0.6) is 5.75 Å². The number of benzene rings is 2. The molecule has 43 heavy (non-hydrogen) atoms. The number of urea groups is 1. The summed E-state index contributed by atoms with van der Waals surface area (Å²) in [6.45, 7) is 3.61. The Labute approximate surface area is 253 Å². The van der Waals surface area contributed by atoms with Crippen LogP contribution in [0.3, 0.4) is 0 Å². The van der Waals surface area contributed by atoms with E-state index in [4.69, 9.17) is 6.42 Å². The van der Waals surface area contributed by atoms with Gasteiger partial charge < -0.3 is 24.3 Å². The molecule has 2 heterocycles. The van der Waals surface area contributed by atoms with E-state index in [1.54, 1.807) is 37.8 Å². The van der Waals surface area contributed by atoms with Crippen LogP contribution >= 0.6 is 11.8 Å². The highest BCUT2D eigenvalue weighted by molar-refractivity contribution is 7.99. The summed E-state index contributed by atoms with van der Waals surface area (Å²) in [7, 11) is 0. The molecule has 1 aliphatic carbocycles. The quantitative estimate of drug-likeness (QED) is 0.354. The van der Waals surface area contributed by atoms with E-state index in [9.17, 15) is 27.6 Å². The number of ether oxygens (including phenoxy) is 1. The third kappa shape index (κ3) is 7.57. The summed E-state index contributed by atoms with van der Waals surface area (Å²) in [6.07, 6.45) is 1.90. The number of rotatable bonds is 6. The predicted molar refractivity (Wildman–Crippen MR) is 156 cm³/mol. The first kappa shape index (κ1) is 30.6. The zero-order valence-corrected chi connectivity index (χ0v) is 24.4. The number of terminal acetylenes is 1. The minimum Gasteiger partial charge on any atom is -0.406 e. The van der Waals surface area contributed by atoms with Crippen LogP contribution in [0.2, 0.25) is 0 Å². The zero-order valence-electron chi connectivity index (χ0n) is 23.6. The third-order valence-electron chi connectivity index (χ3n) is 8.17. The van der Waals surface area contributed by atoms with Crippen molar-refractivity contribution in [2.45, 2.75) is 30.0 Å². The highest BCUT2D eigenvalue weighted by Gasteiger charge is 2.39. The molecule has 4 amide bonds. The lowest BCUT2D eigenvalue weighted by molar-refractivity contribution is -0.274. The van der Waals surface area contributed by atoms with Gasteiger partial charge in [-0.05, 0) is 54.7 Å². The Kier molecular flexibility index (Phi) is 9.40. The number of thioether (sulfide) groups is 1.